The number of likely N-dealkylation sites (tertiary alicyclic amines) is 1. The average molecular weight is 238 g/mol. The van der Waals surface area contributed by atoms with Gasteiger partial charge in [-0.25, -0.2) is 9.37 Å². The summed E-state index contributed by atoms with van der Waals surface area (Å²) < 4.78 is 18.4. The number of carbonyl (C=O) groups excluding carboxylic acids is 1. The number of ether oxygens (including phenoxy) is 1. The molecule has 17 heavy (non-hydrogen) atoms. The van der Waals surface area contributed by atoms with Crippen LogP contribution in [0.15, 0.2) is 18.3 Å². The zero-order valence-corrected chi connectivity index (χ0v) is 9.67. The number of amides is 1. The zero-order valence-electron chi connectivity index (χ0n) is 9.67. The van der Waals surface area contributed by atoms with Crippen molar-refractivity contribution >= 4 is 6.41 Å². The molecule has 0 aromatic carbocycles. The molecule has 0 spiro atoms. The second-order valence-corrected chi connectivity index (χ2v) is 4.20. The summed E-state index contributed by atoms with van der Waals surface area (Å²) in [7, 11) is 0. The van der Waals surface area contributed by atoms with Crippen LogP contribution in [0.5, 0.6) is 5.88 Å². The topological polar surface area (TPSA) is 42.4 Å². The van der Waals surface area contributed by atoms with Gasteiger partial charge in [0.05, 0.1) is 12.2 Å². The Bertz CT molecular complexity index is 383. The van der Waals surface area contributed by atoms with Crippen molar-refractivity contribution in [3.05, 3.63) is 24.1 Å². The van der Waals surface area contributed by atoms with Crippen LogP contribution in [-0.4, -0.2) is 35.0 Å². The SMILES string of the molecule is C[C@H]1[C@H](Oc2ccc(F)cn2)CCCN1C=O. The number of piperidine rings is 1. The Hall–Kier alpha value is -1.65. The number of hydrogen-bond donors (Lipinski definition) is 0. The first kappa shape index (κ1) is 11.8. The van der Waals surface area contributed by atoms with Crippen LogP contribution >= 0.6 is 0 Å². The lowest BCUT2D eigenvalue weighted by molar-refractivity contribution is -0.123. The van der Waals surface area contributed by atoms with Gasteiger partial charge in [-0.05, 0) is 25.8 Å². The maximum absolute atomic E-state index is 12.7. The van der Waals surface area contributed by atoms with Crippen molar-refractivity contribution in [2.45, 2.75) is 31.9 Å². The zero-order chi connectivity index (χ0) is 12.3. The quantitative estimate of drug-likeness (QED) is 0.751. The fourth-order valence-corrected chi connectivity index (χ4v) is 2.03. The molecular formula is C12H15FN2O2. The van der Waals surface area contributed by atoms with Gasteiger partial charge in [-0.3, -0.25) is 4.79 Å². The van der Waals surface area contributed by atoms with Gasteiger partial charge in [-0.2, -0.15) is 0 Å². The third-order valence-electron chi connectivity index (χ3n) is 3.07. The second kappa shape index (κ2) is 5.12. The van der Waals surface area contributed by atoms with Gasteiger partial charge in [0.2, 0.25) is 12.3 Å². The van der Waals surface area contributed by atoms with Gasteiger partial charge in [0.1, 0.15) is 11.9 Å². The van der Waals surface area contributed by atoms with Gasteiger partial charge >= 0.3 is 0 Å². The molecule has 5 heteroatoms. The molecule has 0 aliphatic carbocycles. The van der Waals surface area contributed by atoms with Crippen LogP contribution < -0.4 is 4.74 Å². The highest BCUT2D eigenvalue weighted by atomic mass is 19.1. The van der Waals surface area contributed by atoms with Crippen LogP contribution in [0.4, 0.5) is 4.39 Å². The van der Waals surface area contributed by atoms with Gasteiger partial charge in [-0.1, -0.05) is 0 Å². The Labute approximate surface area is 99.4 Å². The predicted octanol–water partition coefficient (Wildman–Crippen LogP) is 1.61. The van der Waals surface area contributed by atoms with Crippen molar-refractivity contribution in [1.29, 1.82) is 0 Å². The Morgan fingerprint density at radius 2 is 2.41 bits per heavy atom. The first-order chi connectivity index (χ1) is 8.20. The molecule has 1 aliphatic rings. The van der Waals surface area contributed by atoms with Crippen LogP contribution in [0, 0.1) is 5.82 Å². The number of pyridine rings is 1. The summed E-state index contributed by atoms with van der Waals surface area (Å²) in [6.45, 7) is 2.71. The summed E-state index contributed by atoms with van der Waals surface area (Å²) in [6.07, 6.45) is 3.69. The molecular weight excluding hydrogens is 223 g/mol. The van der Waals surface area contributed by atoms with Crippen molar-refractivity contribution in [3.8, 4) is 5.88 Å². The maximum atomic E-state index is 12.7. The number of rotatable bonds is 3. The molecule has 2 atom stereocenters. The molecule has 0 N–H and O–H groups in total. The summed E-state index contributed by atoms with van der Waals surface area (Å²) in [6, 6.07) is 2.84. The lowest BCUT2D eigenvalue weighted by Crippen LogP contribution is -2.48. The first-order valence-electron chi connectivity index (χ1n) is 5.70. The standard InChI is InChI=1S/C12H15FN2O2/c1-9-11(3-2-6-15(9)8-16)17-12-5-4-10(13)7-14-12/h4-5,7-9,11H,2-3,6H2,1H3/t9-,11+/m0/s1. The molecule has 92 valence electrons. The molecule has 1 aromatic heterocycles. The van der Waals surface area contributed by atoms with E-state index in [1.165, 1.54) is 12.1 Å². The molecule has 0 radical (unpaired) electrons. The molecule has 4 nitrogen and oxygen atoms in total. The molecule has 1 aliphatic heterocycles. The number of hydrogen-bond acceptors (Lipinski definition) is 3. The highest BCUT2D eigenvalue weighted by Gasteiger charge is 2.28. The maximum Gasteiger partial charge on any atom is 0.213 e. The Balaban J connectivity index is 2.02. The fourth-order valence-electron chi connectivity index (χ4n) is 2.03. The van der Waals surface area contributed by atoms with Crippen molar-refractivity contribution in [1.82, 2.24) is 9.88 Å². The third kappa shape index (κ3) is 2.72. The van der Waals surface area contributed by atoms with E-state index < -0.39 is 0 Å². The molecule has 0 saturated carbocycles. The minimum Gasteiger partial charge on any atom is -0.472 e. The minimum atomic E-state index is -0.386. The van der Waals surface area contributed by atoms with E-state index in [-0.39, 0.29) is 18.0 Å². The van der Waals surface area contributed by atoms with Crippen LogP contribution in [0.25, 0.3) is 0 Å². The molecule has 2 rings (SSSR count). The fraction of sp³-hybridized carbons (Fsp3) is 0.500. The molecule has 0 unspecified atom stereocenters. The molecule has 1 aromatic rings. The van der Waals surface area contributed by atoms with Gasteiger partial charge in [0, 0.05) is 12.6 Å². The van der Waals surface area contributed by atoms with Gasteiger partial charge in [0.25, 0.3) is 0 Å². The number of carbonyl (C=O) groups is 1. The number of aromatic nitrogens is 1. The molecule has 1 saturated heterocycles. The largest absolute Gasteiger partial charge is 0.472 e. The highest BCUT2D eigenvalue weighted by Crippen LogP contribution is 2.21. The van der Waals surface area contributed by atoms with E-state index in [0.717, 1.165) is 32.0 Å². The predicted molar refractivity (Wildman–Crippen MR) is 60.1 cm³/mol. The van der Waals surface area contributed by atoms with Gasteiger partial charge < -0.3 is 9.64 Å². The molecule has 2 heterocycles. The van der Waals surface area contributed by atoms with Crippen molar-refractivity contribution in [2.24, 2.45) is 0 Å². The summed E-state index contributed by atoms with van der Waals surface area (Å²) in [5.41, 5.74) is 0. The number of nitrogens with zero attached hydrogens (tertiary/aromatic N) is 2. The van der Waals surface area contributed by atoms with E-state index in [4.69, 9.17) is 4.74 Å². The third-order valence-corrected chi connectivity index (χ3v) is 3.07. The second-order valence-electron chi connectivity index (χ2n) is 4.20. The van der Waals surface area contributed by atoms with E-state index in [2.05, 4.69) is 4.98 Å². The lowest BCUT2D eigenvalue weighted by atomic mass is 10.0. The average Bonchev–Trinajstić information content (AvgIpc) is 2.35. The van der Waals surface area contributed by atoms with Crippen molar-refractivity contribution in [3.63, 3.8) is 0 Å². The van der Waals surface area contributed by atoms with E-state index in [1.807, 2.05) is 6.92 Å². The summed E-state index contributed by atoms with van der Waals surface area (Å²) >= 11 is 0. The molecule has 1 fully saturated rings. The van der Waals surface area contributed by atoms with Gasteiger partial charge in [-0.15, -0.1) is 0 Å². The summed E-state index contributed by atoms with van der Waals surface area (Å²) in [5.74, 6) is 0.0135. The minimum absolute atomic E-state index is 0.0214. The Morgan fingerprint density at radius 1 is 1.59 bits per heavy atom. The normalized spacial score (nSPS) is 24.5. The Kier molecular flexibility index (Phi) is 3.56. The monoisotopic (exact) mass is 238 g/mol. The van der Waals surface area contributed by atoms with Gasteiger partial charge in [0.15, 0.2) is 0 Å². The van der Waals surface area contributed by atoms with Crippen LogP contribution in [0.2, 0.25) is 0 Å². The summed E-state index contributed by atoms with van der Waals surface area (Å²) in [5, 5.41) is 0. The van der Waals surface area contributed by atoms with Crippen LogP contribution in [-0.2, 0) is 4.79 Å². The van der Waals surface area contributed by atoms with E-state index in [9.17, 15) is 9.18 Å². The van der Waals surface area contributed by atoms with Crippen molar-refractivity contribution in [2.75, 3.05) is 6.54 Å². The summed E-state index contributed by atoms with van der Waals surface area (Å²) in [4.78, 5) is 16.4. The van der Waals surface area contributed by atoms with Crippen LogP contribution in [0.3, 0.4) is 0 Å². The lowest BCUT2D eigenvalue weighted by Gasteiger charge is -2.36. The Morgan fingerprint density at radius 3 is 3.06 bits per heavy atom. The van der Waals surface area contributed by atoms with Crippen LogP contribution in [0.1, 0.15) is 19.8 Å². The number of halogens is 1. The van der Waals surface area contributed by atoms with E-state index >= 15 is 0 Å². The molecule has 0 bridgehead atoms. The molecule has 1 amide bonds. The van der Waals surface area contributed by atoms with Crippen molar-refractivity contribution < 1.29 is 13.9 Å². The van der Waals surface area contributed by atoms with E-state index in [1.54, 1.807) is 4.90 Å². The first-order valence-corrected chi connectivity index (χ1v) is 5.70. The van der Waals surface area contributed by atoms with E-state index in [0.29, 0.717) is 5.88 Å². The smallest absolute Gasteiger partial charge is 0.213 e. The highest BCUT2D eigenvalue weighted by molar-refractivity contribution is 5.48.